The van der Waals surface area contributed by atoms with Gasteiger partial charge in [-0.2, -0.15) is 0 Å². The van der Waals surface area contributed by atoms with Gasteiger partial charge in [-0.05, 0) is 74.4 Å². The van der Waals surface area contributed by atoms with Crippen LogP contribution >= 0.6 is 0 Å². The van der Waals surface area contributed by atoms with Crippen molar-refractivity contribution in [1.82, 2.24) is 0 Å². The smallest absolute Gasteiger partial charge is 0.0743 e. The Morgan fingerprint density at radius 2 is 1.24 bits per heavy atom. The Morgan fingerprint density at radius 3 is 1.79 bits per heavy atom. The molecule has 2 unspecified atom stereocenters. The van der Waals surface area contributed by atoms with Gasteiger partial charge < -0.3 is 14.5 Å². The number of methoxy groups -OCH3 is 1. The molecule has 0 aromatic heterocycles. The molecule has 0 heterocycles. The summed E-state index contributed by atoms with van der Waals surface area (Å²) in [7, 11) is 1.82. The van der Waals surface area contributed by atoms with E-state index < -0.39 is 0 Å². The molecule has 3 nitrogen and oxygen atoms in total. The first-order valence-electron chi connectivity index (χ1n) is 14.2. The third kappa shape index (κ3) is 5.89. The van der Waals surface area contributed by atoms with Crippen LogP contribution in [0.15, 0.2) is 84.9 Å². The van der Waals surface area contributed by atoms with Crippen molar-refractivity contribution in [2.75, 3.05) is 43.1 Å². The van der Waals surface area contributed by atoms with Gasteiger partial charge >= 0.3 is 0 Å². The summed E-state index contributed by atoms with van der Waals surface area (Å²) >= 11 is 0. The SMILES string of the molecule is CCC(CN(CC)c1ccc(C(c2ccc(C)cc2)c2ccc(N(CC)CC)cc2)c2ccccc12)OC. The van der Waals surface area contributed by atoms with E-state index in [-0.39, 0.29) is 12.0 Å². The van der Waals surface area contributed by atoms with E-state index in [1.807, 2.05) is 7.11 Å². The lowest BCUT2D eigenvalue weighted by Crippen LogP contribution is -2.33. The summed E-state index contributed by atoms with van der Waals surface area (Å²) in [6.45, 7) is 14.9. The Labute approximate surface area is 230 Å². The van der Waals surface area contributed by atoms with Gasteiger partial charge in [0, 0.05) is 56.0 Å². The molecule has 200 valence electrons. The van der Waals surface area contributed by atoms with Gasteiger partial charge in [0.15, 0.2) is 0 Å². The highest BCUT2D eigenvalue weighted by Gasteiger charge is 2.22. The number of fused-ring (bicyclic) bond motifs is 1. The third-order valence-corrected chi connectivity index (χ3v) is 7.95. The topological polar surface area (TPSA) is 15.7 Å². The summed E-state index contributed by atoms with van der Waals surface area (Å²) in [5.41, 5.74) is 7.83. The Balaban J connectivity index is 1.86. The second kappa shape index (κ2) is 13.0. The van der Waals surface area contributed by atoms with Gasteiger partial charge in [-0.25, -0.2) is 0 Å². The van der Waals surface area contributed by atoms with Crippen LogP contribution in [-0.2, 0) is 4.74 Å². The van der Waals surface area contributed by atoms with Crippen molar-refractivity contribution in [1.29, 1.82) is 0 Å². The first kappa shape index (κ1) is 27.7. The Bertz CT molecular complexity index is 1290. The van der Waals surface area contributed by atoms with Crippen LogP contribution in [-0.4, -0.2) is 39.4 Å². The molecule has 0 bridgehead atoms. The quantitative estimate of drug-likeness (QED) is 0.179. The van der Waals surface area contributed by atoms with E-state index in [4.69, 9.17) is 4.74 Å². The zero-order valence-electron chi connectivity index (χ0n) is 24.1. The van der Waals surface area contributed by atoms with Crippen LogP contribution < -0.4 is 9.80 Å². The van der Waals surface area contributed by atoms with E-state index in [1.54, 1.807) is 0 Å². The van der Waals surface area contributed by atoms with Gasteiger partial charge in [-0.1, -0.05) is 79.2 Å². The van der Waals surface area contributed by atoms with E-state index in [2.05, 4.69) is 129 Å². The molecule has 0 amide bonds. The molecular formula is C35H44N2O. The largest absolute Gasteiger partial charge is 0.380 e. The zero-order valence-corrected chi connectivity index (χ0v) is 24.1. The first-order valence-corrected chi connectivity index (χ1v) is 14.2. The molecule has 0 saturated heterocycles. The van der Waals surface area contributed by atoms with Gasteiger partial charge in [0.25, 0.3) is 0 Å². The molecule has 4 aromatic rings. The van der Waals surface area contributed by atoms with Crippen molar-refractivity contribution in [3.8, 4) is 0 Å². The molecule has 0 aliphatic heterocycles. The molecular weight excluding hydrogens is 464 g/mol. The minimum absolute atomic E-state index is 0.151. The highest BCUT2D eigenvalue weighted by molar-refractivity contribution is 5.97. The maximum absolute atomic E-state index is 5.75. The third-order valence-electron chi connectivity index (χ3n) is 7.95. The summed E-state index contributed by atoms with van der Waals surface area (Å²) in [5.74, 6) is 0.151. The zero-order chi connectivity index (χ0) is 27.1. The van der Waals surface area contributed by atoms with Crippen LogP contribution in [0.1, 0.15) is 62.3 Å². The maximum Gasteiger partial charge on any atom is 0.0743 e. The van der Waals surface area contributed by atoms with E-state index >= 15 is 0 Å². The number of rotatable bonds is 12. The van der Waals surface area contributed by atoms with Crippen molar-refractivity contribution in [3.05, 3.63) is 107 Å². The first-order chi connectivity index (χ1) is 18.5. The Hall–Kier alpha value is -3.30. The van der Waals surface area contributed by atoms with Crippen molar-refractivity contribution < 1.29 is 4.74 Å². The van der Waals surface area contributed by atoms with E-state index in [9.17, 15) is 0 Å². The fourth-order valence-electron chi connectivity index (χ4n) is 5.62. The molecule has 0 N–H and O–H groups in total. The van der Waals surface area contributed by atoms with Crippen molar-refractivity contribution in [3.63, 3.8) is 0 Å². The lowest BCUT2D eigenvalue weighted by atomic mass is 9.82. The molecule has 0 saturated carbocycles. The lowest BCUT2D eigenvalue weighted by molar-refractivity contribution is 0.105. The van der Waals surface area contributed by atoms with Crippen LogP contribution in [0.5, 0.6) is 0 Å². The molecule has 0 aliphatic rings. The molecule has 2 atom stereocenters. The predicted octanol–water partition coefficient (Wildman–Crippen LogP) is 8.43. The van der Waals surface area contributed by atoms with Gasteiger partial charge in [-0.3, -0.25) is 0 Å². The number of likely N-dealkylation sites (N-methyl/N-ethyl adjacent to an activating group) is 1. The van der Waals surface area contributed by atoms with E-state index in [1.165, 1.54) is 44.4 Å². The van der Waals surface area contributed by atoms with Gasteiger partial charge in [0.2, 0.25) is 0 Å². The maximum atomic E-state index is 5.75. The second-order valence-corrected chi connectivity index (χ2v) is 10.1. The average Bonchev–Trinajstić information content (AvgIpc) is 2.96. The van der Waals surface area contributed by atoms with Crippen molar-refractivity contribution in [2.24, 2.45) is 0 Å². The number of nitrogens with zero attached hydrogens (tertiary/aromatic N) is 2. The van der Waals surface area contributed by atoms with Gasteiger partial charge in [0.1, 0.15) is 0 Å². The average molecular weight is 509 g/mol. The second-order valence-electron chi connectivity index (χ2n) is 10.1. The number of aryl methyl sites for hydroxylation is 1. The summed E-state index contributed by atoms with van der Waals surface area (Å²) in [6, 6.07) is 31.9. The molecule has 0 radical (unpaired) electrons. The molecule has 0 aliphatic carbocycles. The molecule has 3 heteroatoms. The number of anilines is 2. The van der Waals surface area contributed by atoms with Crippen LogP contribution in [0, 0.1) is 6.92 Å². The van der Waals surface area contributed by atoms with E-state index in [0.717, 1.165) is 32.6 Å². The lowest BCUT2D eigenvalue weighted by Gasteiger charge is -2.30. The van der Waals surface area contributed by atoms with Crippen molar-refractivity contribution >= 4 is 22.1 Å². The Kier molecular flexibility index (Phi) is 9.47. The summed E-state index contributed by atoms with van der Waals surface area (Å²) in [5, 5.41) is 2.61. The fraction of sp³-hybridized carbons (Fsp3) is 0.371. The fourth-order valence-corrected chi connectivity index (χ4v) is 5.62. The molecule has 4 aromatic carbocycles. The van der Waals surface area contributed by atoms with Crippen LogP contribution in [0.4, 0.5) is 11.4 Å². The minimum atomic E-state index is 0.151. The molecule has 4 rings (SSSR count). The molecule has 0 spiro atoms. The number of benzene rings is 4. The summed E-state index contributed by atoms with van der Waals surface area (Å²) in [4.78, 5) is 4.86. The standard InChI is InChI=1S/C35H44N2O/c1-7-30(38-6)25-37(10-4)34-24-23-33(31-13-11-12-14-32(31)34)35(27-17-15-26(5)16-18-27)28-19-21-29(22-20-28)36(8-2)9-3/h11-24,30,35H,7-10,25H2,1-6H3. The molecule has 0 fully saturated rings. The van der Waals surface area contributed by atoms with E-state index in [0.29, 0.717) is 0 Å². The number of hydrogen-bond donors (Lipinski definition) is 0. The number of hydrogen-bond acceptors (Lipinski definition) is 3. The highest BCUT2D eigenvalue weighted by atomic mass is 16.5. The normalized spacial score (nSPS) is 12.9. The van der Waals surface area contributed by atoms with Gasteiger partial charge in [0.05, 0.1) is 6.10 Å². The van der Waals surface area contributed by atoms with Crippen molar-refractivity contribution in [2.45, 2.75) is 53.1 Å². The predicted molar refractivity (Wildman–Crippen MR) is 165 cm³/mol. The highest BCUT2D eigenvalue weighted by Crippen LogP contribution is 2.40. The Morgan fingerprint density at radius 1 is 0.658 bits per heavy atom. The van der Waals surface area contributed by atoms with Crippen LogP contribution in [0.3, 0.4) is 0 Å². The van der Waals surface area contributed by atoms with Gasteiger partial charge in [-0.15, -0.1) is 0 Å². The summed E-state index contributed by atoms with van der Waals surface area (Å²) in [6.07, 6.45) is 1.22. The molecule has 38 heavy (non-hydrogen) atoms. The van der Waals surface area contributed by atoms with Crippen LogP contribution in [0.25, 0.3) is 10.8 Å². The number of ether oxygens (including phenoxy) is 1. The monoisotopic (exact) mass is 508 g/mol. The summed E-state index contributed by atoms with van der Waals surface area (Å²) < 4.78 is 5.75. The minimum Gasteiger partial charge on any atom is -0.380 e. The van der Waals surface area contributed by atoms with Crippen LogP contribution in [0.2, 0.25) is 0 Å².